The van der Waals surface area contributed by atoms with Crippen molar-refractivity contribution in [2.75, 3.05) is 13.7 Å². The van der Waals surface area contributed by atoms with Gasteiger partial charge in [-0.25, -0.2) is 27.0 Å². The summed E-state index contributed by atoms with van der Waals surface area (Å²) in [4.78, 5) is 61.8. The number of amides is 4. The van der Waals surface area contributed by atoms with E-state index < -0.39 is 92.5 Å². The maximum atomic E-state index is 14.7. The van der Waals surface area contributed by atoms with E-state index in [-0.39, 0.29) is 25.3 Å². The molecule has 1 aliphatic heterocycles. The van der Waals surface area contributed by atoms with Crippen molar-refractivity contribution in [1.82, 2.24) is 24.8 Å². The fourth-order valence-corrected chi connectivity index (χ4v) is 8.60. The van der Waals surface area contributed by atoms with Gasteiger partial charge in [-0.05, 0) is 69.6 Å². The Labute approximate surface area is 311 Å². The molecule has 3 N–H and O–H groups in total. The highest BCUT2D eigenvalue weighted by Crippen LogP contribution is 2.48. The molecule has 3 fully saturated rings. The number of fused-ring (bicyclic) bond motifs is 1. The SMILES string of the molecule is COc1cnc(O[C@@H]2C[C@@H](C(=O)N[C@]3(C(=O)NS(=O)(=O)C4CC4)C[C@H]3CC(F)F)N(C(=O)[C@@H](N(C(=O)O)C(C)(C)C)C(C)(C)C)C2)c2cc(Cl)ccc12. The lowest BCUT2D eigenvalue weighted by molar-refractivity contribution is -0.148. The van der Waals surface area contributed by atoms with E-state index in [2.05, 4.69) is 10.3 Å². The molecule has 0 bridgehead atoms. The smallest absolute Gasteiger partial charge is 0.408 e. The molecule has 2 heterocycles. The summed E-state index contributed by atoms with van der Waals surface area (Å²) in [7, 11) is -2.63. The molecule has 53 heavy (non-hydrogen) atoms. The molecule has 2 aliphatic carbocycles. The summed E-state index contributed by atoms with van der Waals surface area (Å²) in [6, 6.07) is 2.28. The first kappa shape index (κ1) is 40.2. The van der Waals surface area contributed by atoms with Crippen LogP contribution < -0.4 is 19.5 Å². The number of carbonyl (C=O) groups excluding carboxylic acids is 3. The van der Waals surface area contributed by atoms with Gasteiger partial charge < -0.3 is 24.8 Å². The van der Waals surface area contributed by atoms with Crippen molar-refractivity contribution in [3.8, 4) is 11.6 Å². The minimum absolute atomic E-state index is 0.108. The number of carbonyl (C=O) groups is 4. The van der Waals surface area contributed by atoms with Crippen molar-refractivity contribution in [2.45, 2.75) is 115 Å². The maximum absolute atomic E-state index is 14.7. The molecule has 1 saturated heterocycles. The van der Waals surface area contributed by atoms with Gasteiger partial charge in [0.1, 0.15) is 29.5 Å². The lowest BCUT2D eigenvalue weighted by atomic mass is 9.82. The summed E-state index contributed by atoms with van der Waals surface area (Å²) in [6.07, 6.45) is -4.22. The zero-order valence-electron chi connectivity index (χ0n) is 30.6. The number of halogens is 3. The van der Waals surface area contributed by atoms with Crippen molar-refractivity contribution in [2.24, 2.45) is 11.3 Å². The molecule has 14 nitrogen and oxygen atoms in total. The van der Waals surface area contributed by atoms with Gasteiger partial charge in [0.25, 0.3) is 5.91 Å². The third-order valence-electron chi connectivity index (χ3n) is 9.88. The fourth-order valence-electron chi connectivity index (χ4n) is 7.07. The topological polar surface area (TPSA) is 185 Å². The normalized spacial score (nSPS) is 23.8. The number of nitrogens with one attached hydrogen (secondary N) is 2. The number of hydrogen-bond acceptors (Lipinski definition) is 9. The van der Waals surface area contributed by atoms with E-state index in [0.29, 0.717) is 34.4 Å². The Morgan fingerprint density at radius 3 is 2.34 bits per heavy atom. The molecule has 4 amide bonds. The number of carboxylic acid groups (broad SMARTS) is 1. The van der Waals surface area contributed by atoms with Gasteiger partial charge in [-0.1, -0.05) is 32.4 Å². The van der Waals surface area contributed by atoms with Crippen LogP contribution in [-0.4, -0.2) is 107 Å². The zero-order valence-corrected chi connectivity index (χ0v) is 32.2. The van der Waals surface area contributed by atoms with Crippen molar-refractivity contribution in [3.63, 3.8) is 0 Å². The van der Waals surface area contributed by atoms with Crippen LogP contribution in [0.4, 0.5) is 13.6 Å². The Bertz CT molecular complexity index is 1900. The fraction of sp³-hybridized carbons (Fsp3) is 0.629. The largest absolute Gasteiger partial charge is 0.494 e. The summed E-state index contributed by atoms with van der Waals surface area (Å²) in [6.45, 7) is 9.73. The minimum atomic E-state index is -4.10. The molecule has 0 spiro atoms. The number of aromatic nitrogens is 1. The van der Waals surface area contributed by atoms with Crippen LogP contribution in [0.3, 0.4) is 0 Å². The number of pyridine rings is 1. The van der Waals surface area contributed by atoms with Crippen LogP contribution in [0.2, 0.25) is 5.02 Å². The summed E-state index contributed by atoms with van der Waals surface area (Å²) in [5.74, 6) is -3.31. The number of sulfonamides is 1. The van der Waals surface area contributed by atoms with Gasteiger partial charge in [0.15, 0.2) is 0 Å². The lowest BCUT2D eigenvalue weighted by Crippen LogP contribution is -2.64. The summed E-state index contributed by atoms with van der Waals surface area (Å²) < 4.78 is 66.3. The number of rotatable bonds is 12. The Hall–Kier alpha value is -3.99. The van der Waals surface area contributed by atoms with Crippen LogP contribution in [0.1, 0.15) is 73.6 Å². The monoisotopic (exact) mass is 785 g/mol. The summed E-state index contributed by atoms with van der Waals surface area (Å²) in [5.41, 5.74) is -4.04. The highest BCUT2D eigenvalue weighted by molar-refractivity contribution is 7.91. The number of nitrogens with zero attached hydrogens (tertiary/aromatic N) is 3. The van der Waals surface area contributed by atoms with Gasteiger partial charge in [0.05, 0.1) is 25.1 Å². The number of ether oxygens (including phenoxy) is 2. The van der Waals surface area contributed by atoms with Gasteiger partial charge in [0, 0.05) is 34.2 Å². The van der Waals surface area contributed by atoms with Crippen molar-refractivity contribution in [3.05, 3.63) is 29.4 Å². The second-order valence-corrected chi connectivity index (χ2v) is 18.5. The quantitative estimate of drug-likeness (QED) is 0.275. The van der Waals surface area contributed by atoms with Gasteiger partial charge in [0.2, 0.25) is 34.1 Å². The maximum Gasteiger partial charge on any atom is 0.408 e. The van der Waals surface area contributed by atoms with E-state index in [0.717, 1.165) is 4.90 Å². The number of likely N-dealkylation sites (tertiary alicyclic amines) is 1. The molecule has 5 rings (SSSR count). The molecule has 3 aliphatic rings. The Kier molecular flexibility index (Phi) is 10.9. The Morgan fingerprint density at radius 2 is 1.79 bits per heavy atom. The second kappa shape index (κ2) is 14.3. The Balaban J connectivity index is 1.53. The van der Waals surface area contributed by atoms with Crippen LogP contribution in [0.15, 0.2) is 24.4 Å². The van der Waals surface area contributed by atoms with E-state index in [1.807, 2.05) is 4.72 Å². The predicted molar refractivity (Wildman–Crippen MR) is 190 cm³/mol. The zero-order chi connectivity index (χ0) is 39.4. The highest BCUT2D eigenvalue weighted by Gasteiger charge is 2.63. The number of benzene rings is 1. The lowest BCUT2D eigenvalue weighted by Gasteiger charge is -2.46. The minimum Gasteiger partial charge on any atom is -0.494 e. The third-order valence-corrected chi connectivity index (χ3v) is 11.9. The van der Waals surface area contributed by atoms with Gasteiger partial charge in [-0.15, -0.1) is 0 Å². The molecule has 1 aromatic carbocycles. The number of alkyl halides is 2. The molecule has 18 heteroatoms. The van der Waals surface area contributed by atoms with Gasteiger partial charge >= 0.3 is 6.09 Å². The molecule has 0 radical (unpaired) electrons. The molecule has 5 atom stereocenters. The summed E-state index contributed by atoms with van der Waals surface area (Å²) in [5, 5.41) is 13.6. The van der Waals surface area contributed by atoms with Crippen molar-refractivity contribution < 1.29 is 51.0 Å². The summed E-state index contributed by atoms with van der Waals surface area (Å²) >= 11 is 6.30. The molecule has 2 saturated carbocycles. The molecular formula is C35H46ClF2N5O9S. The van der Waals surface area contributed by atoms with E-state index in [1.54, 1.807) is 59.7 Å². The van der Waals surface area contributed by atoms with E-state index >= 15 is 0 Å². The number of methoxy groups -OCH3 is 1. The van der Waals surface area contributed by atoms with E-state index in [4.69, 9.17) is 21.1 Å². The second-order valence-electron chi connectivity index (χ2n) is 16.1. The van der Waals surface area contributed by atoms with Crippen LogP contribution in [-0.2, 0) is 24.4 Å². The van der Waals surface area contributed by atoms with E-state index in [1.165, 1.54) is 18.2 Å². The predicted octanol–water partition coefficient (Wildman–Crippen LogP) is 4.58. The van der Waals surface area contributed by atoms with Crippen LogP contribution in [0.5, 0.6) is 11.6 Å². The highest BCUT2D eigenvalue weighted by atomic mass is 35.5. The van der Waals surface area contributed by atoms with Crippen LogP contribution >= 0.6 is 11.6 Å². The third kappa shape index (κ3) is 8.40. The molecule has 1 aromatic heterocycles. The van der Waals surface area contributed by atoms with Crippen molar-refractivity contribution >= 4 is 56.2 Å². The van der Waals surface area contributed by atoms with Crippen LogP contribution in [0.25, 0.3) is 10.8 Å². The van der Waals surface area contributed by atoms with Crippen molar-refractivity contribution in [1.29, 1.82) is 0 Å². The first-order valence-corrected chi connectivity index (χ1v) is 19.2. The van der Waals surface area contributed by atoms with Crippen LogP contribution in [0, 0.1) is 11.3 Å². The average molecular weight is 786 g/mol. The standard InChI is InChI=1S/C35H46ClF2N5O9S/c1-33(2,3)27(43(32(47)48)34(4,5)6)30(45)42-17-20(52-29-23-13-19(36)8-11-22(23)25(51-7)16-39-29)14-24(42)28(44)40-35(15-18(35)12-26(37)38)31(46)41-53(49,50)21-9-10-21/h8,11,13,16,18,20-21,24,26-27H,9-10,12,14-15,17H2,1-7H3,(H,40,44)(H,41,46)(H,47,48)/t18-,20-,24+,27-,35-/m1/s1. The van der Waals surface area contributed by atoms with E-state index in [9.17, 15) is 41.5 Å². The molecule has 0 unspecified atom stereocenters. The average Bonchev–Trinajstić information content (AvgIpc) is 3.95. The molecule has 292 valence electrons. The first-order chi connectivity index (χ1) is 24.5. The molecule has 2 aromatic rings. The van der Waals surface area contributed by atoms with Gasteiger partial charge in [-0.2, -0.15) is 0 Å². The first-order valence-electron chi connectivity index (χ1n) is 17.3. The molecular weight excluding hydrogens is 740 g/mol. The number of hydrogen-bond donors (Lipinski definition) is 3. The van der Waals surface area contributed by atoms with Gasteiger partial charge in [-0.3, -0.25) is 24.0 Å². The Morgan fingerprint density at radius 1 is 1.13 bits per heavy atom.